The first kappa shape index (κ1) is 17.9. The molecule has 6 nitrogen and oxygen atoms in total. The molecule has 2 amide bonds. The van der Waals surface area contributed by atoms with Gasteiger partial charge >= 0.3 is 0 Å². The SMILES string of the molecule is Cc1ccccc1CN1CCN2C(=O)[C@H](CCCCN)NC(=O)[C@H]2C1. The summed E-state index contributed by atoms with van der Waals surface area (Å²) >= 11 is 0. The molecule has 2 atom stereocenters. The lowest BCUT2D eigenvalue weighted by molar-refractivity contribution is -0.153. The van der Waals surface area contributed by atoms with E-state index in [-0.39, 0.29) is 23.9 Å². The Hall–Kier alpha value is -1.92. The van der Waals surface area contributed by atoms with Gasteiger partial charge in [0.1, 0.15) is 12.1 Å². The zero-order valence-electron chi connectivity index (χ0n) is 14.9. The number of nitrogens with zero attached hydrogens (tertiary/aromatic N) is 2. The summed E-state index contributed by atoms with van der Waals surface area (Å²) in [4.78, 5) is 29.3. The minimum Gasteiger partial charge on any atom is -0.342 e. The molecule has 0 aliphatic carbocycles. The Morgan fingerprint density at radius 2 is 2.00 bits per heavy atom. The largest absolute Gasteiger partial charge is 0.342 e. The molecule has 6 heteroatoms. The number of aryl methyl sites for hydroxylation is 1. The monoisotopic (exact) mass is 344 g/mol. The molecule has 0 saturated carbocycles. The number of carbonyl (C=O) groups excluding carboxylic acids is 2. The van der Waals surface area contributed by atoms with Gasteiger partial charge in [-0.15, -0.1) is 0 Å². The van der Waals surface area contributed by atoms with E-state index in [1.807, 2.05) is 12.1 Å². The number of carbonyl (C=O) groups is 2. The van der Waals surface area contributed by atoms with Crippen LogP contribution in [0.2, 0.25) is 0 Å². The molecule has 2 heterocycles. The number of nitrogens with two attached hydrogens (primary N) is 1. The van der Waals surface area contributed by atoms with Crippen LogP contribution in [0.3, 0.4) is 0 Å². The summed E-state index contributed by atoms with van der Waals surface area (Å²) < 4.78 is 0. The zero-order chi connectivity index (χ0) is 17.8. The van der Waals surface area contributed by atoms with Crippen LogP contribution in [0.25, 0.3) is 0 Å². The van der Waals surface area contributed by atoms with Crippen molar-refractivity contribution in [3.8, 4) is 0 Å². The highest BCUT2D eigenvalue weighted by Gasteiger charge is 2.42. The molecule has 2 aliphatic heterocycles. The van der Waals surface area contributed by atoms with Crippen molar-refractivity contribution in [2.75, 3.05) is 26.2 Å². The highest BCUT2D eigenvalue weighted by Crippen LogP contribution is 2.20. The van der Waals surface area contributed by atoms with E-state index in [4.69, 9.17) is 5.73 Å². The van der Waals surface area contributed by atoms with Gasteiger partial charge in [-0.25, -0.2) is 0 Å². The fraction of sp³-hybridized carbons (Fsp3) is 0.579. The third kappa shape index (κ3) is 4.02. The van der Waals surface area contributed by atoms with Gasteiger partial charge in [0.15, 0.2) is 0 Å². The predicted molar refractivity (Wildman–Crippen MR) is 96.8 cm³/mol. The number of benzene rings is 1. The highest BCUT2D eigenvalue weighted by molar-refractivity contribution is 5.97. The molecule has 0 spiro atoms. The zero-order valence-corrected chi connectivity index (χ0v) is 14.9. The van der Waals surface area contributed by atoms with Gasteiger partial charge in [-0.05, 0) is 43.9 Å². The third-order valence-electron chi connectivity index (χ3n) is 5.27. The van der Waals surface area contributed by atoms with Crippen LogP contribution < -0.4 is 11.1 Å². The van der Waals surface area contributed by atoms with Crippen LogP contribution in [0.15, 0.2) is 24.3 Å². The summed E-state index contributed by atoms with van der Waals surface area (Å²) in [5.41, 5.74) is 8.05. The number of hydrogen-bond donors (Lipinski definition) is 2. The number of unbranched alkanes of at least 4 members (excludes halogenated alkanes) is 1. The Labute approximate surface area is 149 Å². The van der Waals surface area contributed by atoms with Crippen LogP contribution in [-0.4, -0.2) is 59.9 Å². The topological polar surface area (TPSA) is 78.7 Å². The first-order chi connectivity index (χ1) is 12.1. The molecule has 1 aromatic carbocycles. The summed E-state index contributed by atoms with van der Waals surface area (Å²) in [6, 6.07) is 7.57. The molecule has 0 bridgehead atoms. The normalized spacial score (nSPS) is 24.2. The average molecular weight is 344 g/mol. The van der Waals surface area contributed by atoms with E-state index in [0.717, 1.165) is 25.9 Å². The molecule has 0 radical (unpaired) electrons. The number of piperazine rings is 2. The summed E-state index contributed by atoms with van der Waals surface area (Å²) in [6.45, 7) is 5.57. The van der Waals surface area contributed by atoms with Crippen molar-refractivity contribution in [2.24, 2.45) is 5.73 Å². The standard InChI is InChI=1S/C19H28N4O2/c1-14-6-2-3-7-15(14)12-22-10-11-23-17(13-22)18(24)21-16(19(23)25)8-4-5-9-20/h2-3,6-7,16-17H,4-5,8-13,20H2,1H3,(H,21,24)/t16-,17+/m0/s1. The number of amides is 2. The Morgan fingerprint density at radius 3 is 2.76 bits per heavy atom. The number of nitrogens with one attached hydrogen (secondary N) is 1. The highest BCUT2D eigenvalue weighted by atomic mass is 16.2. The van der Waals surface area contributed by atoms with E-state index < -0.39 is 0 Å². The fourth-order valence-corrected chi connectivity index (χ4v) is 3.72. The molecule has 1 aromatic rings. The number of hydrogen-bond acceptors (Lipinski definition) is 4. The van der Waals surface area contributed by atoms with E-state index in [2.05, 4.69) is 29.3 Å². The predicted octanol–water partition coefficient (Wildman–Crippen LogP) is 0.635. The molecule has 2 saturated heterocycles. The molecular weight excluding hydrogens is 316 g/mol. The van der Waals surface area contributed by atoms with Crippen molar-refractivity contribution < 1.29 is 9.59 Å². The first-order valence-electron chi connectivity index (χ1n) is 9.18. The van der Waals surface area contributed by atoms with Crippen molar-refractivity contribution in [1.29, 1.82) is 0 Å². The molecule has 136 valence electrons. The van der Waals surface area contributed by atoms with Gasteiger partial charge in [0.2, 0.25) is 11.8 Å². The van der Waals surface area contributed by atoms with Gasteiger partial charge in [-0.3, -0.25) is 14.5 Å². The Bertz CT molecular complexity index is 634. The van der Waals surface area contributed by atoms with Gasteiger partial charge in [-0.2, -0.15) is 0 Å². The number of rotatable bonds is 6. The Balaban J connectivity index is 1.62. The Kier molecular flexibility index (Phi) is 5.71. The maximum Gasteiger partial charge on any atom is 0.245 e. The molecule has 0 aromatic heterocycles. The average Bonchev–Trinajstić information content (AvgIpc) is 2.61. The van der Waals surface area contributed by atoms with Crippen molar-refractivity contribution in [2.45, 2.75) is 44.8 Å². The van der Waals surface area contributed by atoms with Gasteiger partial charge in [0.05, 0.1) is 0 Å². The third-order valence-corrected chi connectivity index (χ3v) is 5.27. The van der Waals surface area contributed by atoms with E-state index in [0.29, 0.717) is 26.1 Å². The van der Waals surface area contributed by atoms with Gasteiger partial charge in [0.25, 0.3) is 0 Å². The second-order valence-electron chi connectivity index (χ2n) is 7.05. The quantitative estimate of drug-likeness (QED) is 0.742. The van der Waals surface area contributed by atoms with Crippen LogP contribution >= 0.6 is 0 Å². The van der Waals surface area contributed by atoms with Crippen molar-refractivity contribution in [1.82, 2.24) is 15.1 Å². The van der Waals surface area contributed by atoms with Gasteiger partial charge in [0, 0.05) is 26.2 Å². The molecule has 0 unspecified atom stereocenters. The molecular formula is C19H28N4O2. The second-order valence-corrected chi connectivity index (χ2v) is 7.05. The van der Waals surface area contributed by atoms with Crippen molar-refractivity contribution in [3.05, 3.63) is 35.4 Å². The van der Waals surface area contributed by atoms with Crippen LogP contribution in [0.4, 0.5) is 0 Å². The van der Waals surface area contributed by atoms with E-state index in [1.54, 1.807) is 4.90 Å². The minimum atomic E-state index is -0.377. The maximum atomic E-state index is 12.7. The van der Waals surface area contributed by atoms with E-state index in [9.17, 15) is 9.59 Å². The van der Waals surface area contributed by atoms with Gasteiger partial charge in [-0.1, -0.05) is 24.3 Å². The smallest absolute Gasteiger partial charge is 0.245 e. The lowest BCUT2D eigenvalue weighted by atomic mass is 9.99. The fourth-order valence-electron chi connectivity index (χ4n) is 3.72. The van der Waals surface area contributed by atoms with Crippen LogP contribution in [0, 0.1) is 6.92 Å². The van der Waals surface area contributed by atoms with Crippen LogP contribution in [-0.2, 0) is 16.1 Å². The lowest BCUT2D eigenvalue weighted by Crippen LogP contribution is -2.69. The summed E-state index contributed by atoms with van der Waals surface area (Å²) in [7, 11) is 0. The summed E-state index contributed by atoms with van der Waals surface area (Å²) in [5.74, 6) is 0.0454. The number of fused-ring (bicyclic) bond motifs is 1. The van der Waals surface area contributed by atoms with E-state index in [1.165, 1.54) is 11.1 Å². The van der Waals surface area contributed by atoms with Gasteiger partial charge < -0.3 is 16.0 Å². The maximum absolute atomic E-state index is 12.7. The van der Waals surface area contributed by atoms with E-state index >= 15 is 0 Å². The van der Waals surface area contributed by atoms with Crippen LogP contribution in [0.5, 0.6) is 0 Å². The second kappa shape index (κ2) is 7.97. The summed E-state index contributed by atoms with van der Waals surface area (Å²) in [6.07, 6.45) is 2.43. The summed E-state index contributed by atoms with van der Waals surface area (Å²) in [5, 5.41) is 2.92. The molecule has 2 fully saturated rings. The minimum absolute atomic E-state index is 0.0215. The molecule has 3 N–H and O–H groups in total. The first-order valence-corrected chi connectivity index (χ1v) is 9.18. The molecule has 3 rings (SSSR count). The molecule has 25 heavy (non-hydrogen) atoms. The Morgan fingerprint density at radius 1 is 1.20 bits per heavy atom. The molecule has 2 aliphatic rings. The van der Waals surface area contributed by atoms with Crippen LogP contribution in [0.1, 0.15) is 30.4 Å². The lowest BCUT2D eigenvalue weighted by Gasteiger charge is -2.45. The van der Waals surface area contributed by atoms with Crippen molar-refractivity contribution in [3.63, 3.8) is 0 Å². The van der Waals surface area contributed by atoms with Crippen molar-refractivity contribution >= 4 is 11.8 Å².